The molecule has 1 aliphatic rings. The molecule has 0 aliphatic carbocycles. The molecule has 2 aromatic carbocycles. The summed E-state index contributed by atoms with van der Waals surface area (Å²) in [6, 6.07) is 17.6. The molecular weight excluding hydrogens is 454 g/mol. The van der Waals surface area contributed by atoms with Crippen LogP contribution in [0.4, 0.5) is 5.69 Å². The summed E-state index contributed by atoms with van der Waals surface area (Å²) >= 11 is 0. The number of nitrogens with zero attached hydrogens (tertiary/aromatic N) is 3. The highest BCUT2D eigenvalue weighted by Crippen LogP contribution is 2.30. The summed E-state index contributed by atoms with van der Waals surface area (Å²) in [7, 11) is -1.04. The highest BCUT2D eigenvalue weighted by molar-refractivity contribution is 7.93. The molecule has 9 heteroatoms. The van der Waals surface area contributed by atoms with Crippen LogP contribution in [0, 0.1) is 11.3 Å². The maximum absolute atomic E-state index is 12.7. The van der Waals surface area contributed by atoms with Gasteiger partial charge >= 0.3 is 0 Å². The molecule has 34 heavy (non-hydrogen) atoms. The molecule has 0 atom stereocenters. The Morgan fingerprint density at radius 1 is 1.15 bits per heavy atom. The second kappa shape index (κ2) is 10.4. The summed E-state index contributed by atoms with van der Waals surface area (Å²) in [4.78, 5) is 1.93. The fraction of sp³-hybridized carbons (Fsp3) is 0.320. The molecule has 0 saturated carbocycles. The Bertz CT molecular complexity index is 1330. The Morgan fingerprint density at radius 2 is 1.88 bits per heavy atom. The number of furan rings is 1. The average Bonchev–Trinajstić information content (AvgIpc) is 3.34. The fourth-order valence-electron chi connectivity index (χ4n) is 3.79. The number of hydrogen-bond donors (Lipinski definition) is 0. The fourth-order valence-corrected chi connectivity index (χ4v) is 4.82. The molecule has 1 aliphatic heterocycles. The van der Waals surface area contributed by atoms with Crippen molar-refractivity contribution in [3.05, 3.63) is 59.2 Å². The van der Waals surface area contributed by atoms with Crippen molar-refractivity contribution >= 4 is 32.6 Å². The van der Waals surface area contributed by atoms with E-state index < -0.39 is 10.0 Å². The Balaban J connectivity index is 1.57. The number of likely N-dealkylation sites (N-methyl/N-ethyl adjacent to an activating group) is 1. The zero-order valence-corrected chi connectivity index (χ0v) is 20.0. The molecule has 0 N–H and O–H groups in total. The molecule has 178 valence electrons. The summed E-state index contributed by atoms with van der Waals surface area (Å²) in [6.45, 7) is 3.62. The summed E-state index contributed by atoms with van der Waals surface area (Å²) in [5.41, 5.74) is 2.04. The zero-order chi connectivity index (χ0) is 24.1. The van der Waals surface area contributed by atoms with Crippen molar-refractivity contribution in [2.45, 2.75) is 0 Å². The highest BCUT2D eigenvalue weighted by Gasteiger charge is 2.24. The van der Waals surface area contributed by atoms with Gasteiger partial charge in [-0.25, -0.2) is 8.42 Å². The maximum atomic E-state index is 12.7. The van der Waals surface area contributed by atoms with E-state index in [1.54, 1.807) is 18.2 Å². The number of ether oxygens (including phenoxy) is 2. The first-order valence-corrected chi connectivity index (χ1v) is 12.4. The predicted molar refractivity (Wildman–Crippen MR) is 132 cm³/mol. The van der Waals surface area contributed by atoms with Gasteiger partial charge in [0.15, 0.2) is 4.91 Å². The van der Waals surface area contributed by atoms with Gasteiger partial charge in [0.2, 0.25) is 0 Å². The van der Waals surface area contributed by atoms with Crippen molar-refractivity contribution in [3.8, 4) is 17.4 Å². The Labute approximate surface area is 199 Å². The molecule has 0 spiro atoms. The second-order valence-electron chi connectivity index (χ2n) is 7.99. The minimum atomic E-state index is -3.94. The number of morpholine rings is 1. The van der Waals surface area contributed by atoms with Crippen molar-refractivity contribution < 1.29 is 22.3 Å². The van der Waals surface area contributed by atoms with Crippen LogP contribution in [0.2, 0.25) is 0 Å². The topological polar surface area (TPSA) is 96.0 Å². The Kier molecular flexibility index (Phi) is 7.34. The van der Waals surface area contributed by atoms with E-state index in [0.29, 0.717) is 5.76 Å². The molecule has 8 nitrogen and oxygen atoms in total. The number of rotatable bonds is 8. The van der Waals surface area contributed by atoms with Crippen molar-refractivity contribution in [2.75, 3.05) is 58.5 Å². The normalized spacial score (nSPS) is 15.1. The van der Waals surface area contributed by atoms with Crippen LogP contribution in [0.3, 0.4) is 0 Å². The molecule has 0 unspecified atom stereocenters. The standard InChI is InChI=1S/C25H27N3O5S/c1-27(9-12-31-2)34(29,30)24(18-26)17-23-7-8-25(33-23)21-4-3-20-16-22(6-5-19(20)15-21)28-10-13-32-14-11-28/h3-8,15-17H,9-14H2,1-2H3/b24-17+. The van der Waals surface area contributed by atoms with Gasteiger partial charge in [0.1, 0.15) is 17.6 Å². The van der Waals surface area contributed by atoms with E-state index in [1.165, 1.54) is 25.9 Å². The minimum absolute atomic E-state index is 0.144. The van der Waals surface area contributed by atoms with Crippen LogP contribution in [0.15, 0.2) is 57.9 Å². The lowest BCUT2D eigenvalue weighted by atomic mass is 10.0. The number of hydrogen-bond acceptors (Lipinski definition) is 7. The van der Waals surface area contributed by atoms with Crippen LogP contribution in [-0.4, -0.2) is 66.3 Å². The first-order chi connectivity index (χ1) is 16.4. The SMILES string of the molecule is COCCN(C)S(=O)(=O)/C(C#N)=C/c1ccc(-c2ccc3cc(N4CCOCC4)ccc3c2)o1. The number of fused-ring (bicyclic) bond motifs is 1. The molecule has 2 heterocycles. The second-order valence-corrected chi connectivity index (χ2v) is 10.0. The van der Waals surface area contributed by atoms with Gasteiger partial charge in [0.05, 0.1) is 19.8 Å². The molecule has 0 radical (unpaired) electrons. The van der Waals surface area contributed by atoms with Gasteiger partial charge < -0.3 is 18.8 Å². The summed E-state index contributed by atoms with van der Waals surface area (Å²) in [5.74, 6) is 0.880. The van der Waals surface area contributed by atoms with Crippen LogP contribution in [0.1, 0.15) is 5.76 Å². The first kappa shape index (κ1) is 24.0. The van der Waals surface area contributed by atoms with E-state index in [1.807, 2.05) is 18.2 Å². The zero-order valence-electron chi connectivity index (χ0n) is 19.2. The van der Waals surface area contributed by atoms with Gasteiger partial charge in [0, 0.05) is 51.1 Å². The Hall–Kier alpha value is -3.16. The van der Waals surface area contributed by atoms with Gasteiger partial charge in [-0.1, -0.05) is 18.2 Å². The van der Waals surface area contributed by atoms with Crippen LogP contribution in [0.25, 0.3) is 28.2 Å². The van der Waals surface area contributed by atoms with Gasteiger partial charge in [-0.3, -0.25) is 0 Å². The van der Waals surface area contributed by atoms with Crippen LogP contribution in [0.5, 0.6) is 0 Å². The highest BCUT2D eigenvalue weighted by atomic mass is 32.2. The van der Waals surface area contributed by atoms with Crippen LogP contribution in [-0.2, 0) is 19.5 Å². The minimum Gasteiger partial charge on any atom is -0.457 e. The average molecular weight is 482 g/mol. The largest absolute Gasteiger partial charge is 0.457 e. The smallest absolute Gasteiger partial charge is 0.253 e. The van der Waals surface area contributed by atoms with Gasteiger partial charge in [-0.2, -0.15) is 9.57 Å². The first-order valence-electron chi connectivity index (χ1n) is 11.0. The summed E-state index contributed by atoms with van der Waals surface area (Å²) in [5, 5.41) is 11.6. The summed E-state index contributed by atoms with van der Waals surface area (Å²) < 4.78 is 42.6. The van der Waals surface area contributed by atoms with E-state index in [-0.39, 0.29) is 23.8 Å². The van der Waals surface area contributed by atoms with Crippen LogP contribution >= 0.6 is 0 Å². The molecule has 3 aromatic rings. The van der Waals surface area contributed by atoms with E-state index in [9.17, 15) is 13.7 Å². The lowest BCUT2D eigenvalue weighted by Gasteiger charge is -2.29. The summed E-state index contributed by atoms with van der Waals surface area (Å²) in [6.07, 6.45) is 1.25. The quantitative estimate of drug-likeness (QED) is 0.453. The van der Waals surface area contributed by atoms with Crippen molar-refractivity contribution in [1.29, 1.82) is 5.26 Å². The van der Waals surface area contributed by atoms with Crippen LogP contribution < -0.4 is 4.90 Å². The third kappa shape index (κ3) is 5.16. The molecular formula is C25H27N3O5S. The third-order valence-electron chi connectivity index (χ3n) is 5.79. The molecule has 1 saturated heterocycles. The molecule has 0 amide bonds. The monoisotopic (exact) mass is 481 g/mol. The number of sulfonamides is 1. The molecule has 4 rings (SSSR count). The van der Waals surface area contributed by atoms with Gasteiger partial charge in [-0.05, 0) is 41.1 Å². The number of anilines is 1. The lowest BCUT2D eigenvalue weighted by molar-refractivity contribution is 0.122. The molecule has 1 fully saturated rings. The van der Waals surface area contributed by atoms with E-state index in [4.69, 9.17) is 13.9 Å². The van der Waals surface area contributed by atoms with E-state index >= 15 is 0 Å². The lowest BCUT2D eigenvalue weighted by Crippen LogP contribution is -2.36. The third-order valence-corrected chi connectivity index (χ3v) is 7.56. The van der Waals surface area contributed by atoms with Gasteiger partial charge in [-0.15, -0.1) is 0 Å². The van der Waals surface area contributed by atoms with Crippen molar-refractivity contribution in [2.24, 2.45) is 0 Å². The van der Waals surface area contributed by atoms with Gasteiger partial charge in [0.25, 0.3) is 10.0 Å². The molecule has 1 aromatic heterocycles. The van der Waals surface area contributed by atoms with Crippen molar-refractivity contribution in [3.63, 3.8) is 0 Å². The number of nitriles is 1. The van der Waals surface area contributed by atoms with E-state index in [0.717, 1.165) is 46.9 Å². The maximum Gasteiger partial charge on any atom is 0.253 e. The molecule has 0 bridgehead atoms. The number of benzene rings is 2. The number of allylic oxidation sites excluding steroid dienone is 1. The Morgan fingerprint density at radius 3 is 2.62 bits per heavy atom. The van der Waals surface area contributed by atoms with Crippen molar-refractivity contribution in [1.82, 2.24) is 4.31 Å². The number of methoxy groups -OCH3 is 1. The predicted octanol–water partition coefficient (Wildman–Crippen LogP) is 3.71. The van der Waals surface area contributed by atoms with E-state index in [2.05, 4.69) is 23.1 Å².